The number of carbonyl (C=O) groups is 1. The number of amides is 1. The Hall–Kier alpha value is -1.58. The van der Waals surface area contributed by atoms with Crippen LogP contribution in [0.4, 0.5) is 10.1 Å². The van der Waals surface area contributed by atoms with Crippen molar-refractivity contribution >= 4 is 11.6 Å². The van der Waals surface area contributed by atoms with Gasteiger partial charge in [-0.15, -0.1) is 0 Å². The maximum absolute atomic E-state index is 13.4. The molecule has 0 aliphatic rings. The highest BCUT2D eigenvalue weighted by Crippen LogP contribution is 2.23. The Morgan fingerprint density at radius 1 is 1.38 bits per heavy atom. The van der Waals surface area contributed by atoms with E-state index in [1.165, 1.54) is 25.3 Å². The number of halogens is 1. The van der Waals surface area contributed by atoms with Crippen molar-refractivity contribution in [2.45, 2.75) is 20.8 Å². The molecule has 0 spiro atoms. The predicted molar refractivity (Wildman–Crippen MR) is 61.0 cm³/mol. The summed E-state index contributed by atoms with van der Waals surface area (Å²) in [6.07, 6.45) is 0. The van der Waals surface area contributed by atoms with Crippen LogP contribution in [0.15, 0.2) is 18.2 Å². The van der Waals surface area contributed by atoms with Gasteiger partial charge in [0.2, 0.25) is 5.91 Å². The van der Waals surface area contributed by atoms with Crippen LogP contribution in [-0.2, 0) is 4.79 Å². The van der Waals surface area contributed by atoms with Crippen LogP contribution in [-0.4, -0.2) is 13.0 Å². The molecule has 1 aromatic carbocycles. The van der Waals surface area contributed by atoms with Gasteiger partial charge in [0.15, 0.2) is 0 Å². The number of methoxy groups -OCH3 is 1. The zero-order valence-electron chi connectivity index (χ0n) is 9.93. The van der Waals surface area contributed by atoms with Gasteiger partial charge in [-0.3, -0.25) is 4.79 Å². The highest BCUT2D eigenvalue weighted by atomic mass is 19.1. The molecule has 0 radical (unpaired) electrons. The first-order valence-corrected chi connectivity index (χ1v) is 4.99. The Kier molecular flexibility index (Phi) is 3.52. The van der Waals surface area contributed by atoms with Crippen molar-refractivity contribution in [3.05, 3.63) is 24.0 Å². The predicted octanol–water partition coefficient (Wildman–Crippen LogP) is 2.82. The van der Waals surface area contributed by atoms with E-state index >= 15 is 0 Å². The number of rotatable bonds is 2. The minimum absolute atomic E-state index is 0.138. The lowest BCUT2D eigenvalue weighted by Crippen LogP contribution is -2.28. The smallest absolute Gasteiger partial charge is 0.229 e. The Morgan fingerprint density at radius 2 is 2.00 bits per heavy atom. The van der Waals surface area contributed by atoms with Gasteiger partial charge in [-0.25, -0.2) is 4.39 Å². The summed E-state index contributed by atoms with van der Waals surface area (Å²) in [7, 11) is 1.49. The van der Waals surface area contributed by atoms with E-state index in [0.717, 1.165) is 0 Å². The molecule has 88 valence electrons. The molecule has 0 saturated heterocycles. The molecule has 0 unspecified atom stereocenters. The van der Waals surface area contributed by atoms with Gasteiger partial charge in [0.1, 0.15) is 11.6 Å². The average molecular weight is 225 g/mol. The van der Waals surface area contributed by atoms with Crippen LogP contribution in [0.1, 0.15) is 20.8 Å². The largest absolute Gasteiger partial charge is 0.497 e. The summed E-state index contributed by atoms with van der Waals surface area (Å²) in [4.78, 5) is 11.7. The minimum atomic E-state index is -0.560. The molecule has 0 aromatic heterocycles. The number of benzene rings is 1. The SMILES string of the molecule is COc1ccc(F)c(NC(=O)C(C)(C)C)c1. The number of anilines is 1. The molecular formula is C12H16FNO2. The molecule has 0 atom stereocenters. The van der Waals surface area contributed by atoms with Gasteiger partial charge in [-0.1, -0.05) is 20.8 Å². The number of hydrogen-bond donors (Lipinski definition) is 1. The maximum atomic E-state index is 13.4. The maximum Gasteiger partial charge on any atom is 0.229 e. The Labute approximate surface area is 94.6 Å². The van der Waals surface area contributed by atoms with Crippen molar-refractivity contribution in [3.8, 4) is 5.75 Å². The van der Waals surface area contributed by atoms with Crippen LogP contribution in [0.5, 0.6) is 5.75 Å². The van der Waals surface area contributed by atoms with Crippen LogP contribution in [0.2, 0.25) is 0 Å². The third-order valence-electron chi connectivity index (χ3n) is 2.10. The van der Waals surface area contributed by atoms with E-state index in [4.69, 9.17) is 4.74 Å². The quantitative estimate of drug-likeness (QED) is 0.840. The summed E-state index contributed by atoms with van der Waals surface area (Å²) in [6.45, 7) is 5.29. The molecule has 1 amide bonds. The van der Waals surface area contributed by atoms with Crippen molar-refractivity contribution in [1.29, 1.82) is 0 Å². The summed E-state index contributed by atoms with van der Waals surface area (Å²) >= 11 is 0. The third-order valence-corrected chi connectivity index (χ3v) is 2.10. The van der Waals surface area contributed by atoms with Gasteiger partial charge in [-0.2, -0.15) is 0 Å². The molecule has 0 fully saturated rings. The highest BCUT2D eigenvalue weighted by Gasteiger charge is 2.22. The van der Waals surface area contributed by atoms with Gasteiger partial charge in [-0.05, 0) is 12.1 Å². The summed E-state index contributed by atoms with van der Waals surface area (Å²) in [5.74, 6) is -0.205. The molecule has 3 nitrogen and oxygen atoms in total. The molecule has 1 rings (SSSR count). The first-order valence-electron chi connectivity index (χ1n) is 4.99. The zero-order chi connectivity index (χ0) is 12.3. The lowest BCUT2D eigenvalue weighted by atomic mass is 9.95. The molecule has 0 heterocycles. The van der Waals surface area contributed by atoms with Crippen molar-refractivity contribution < 1.29 is 13.9 Å². The number of hydrogen-bond acceptors (Lipinski definition) is 2. The van der Waals surface area contributed by atoms with Crippen molar-refractivity contribution in [1.82, 2.24) is 0 Å². The van der Waals surface area contributed by atoms with Crippen molar-refractivity contribution in [3.63, 3.8) is 0 Å². The molecule has 1 N–H and O–H groups in total. The van der Waals surface area contributed by atoms with Gasteiger partial charge >= 0.3 is 0 Å². The molecule has 4 heteroatoms. The van der Waals surface area contributed by atoms with Crippen LogP contribution in [0, 0.1) is 11.2 Å². The van der Waals surface area contributed by atoms with Crippen LogP contribution in [0.25, 0.3) is 0 Å². The van der Waals surface area contributed by atoms with Crippen LogP contribution in [0.3, 0.4) is 0 Å². The summed E-state index contributed by atoms with van der Waals surface area (Å²) in [6, 6.07) is 4.22. The summed E-state index contributed by atoms with van der Waals surface area (Å²) < 4.78 is 18.3. The normalized spacial score (nSPS) is 11.1. The molecule has 0 saturated carbocycles. The number of ether oxygens (including phenoxy) is 1. The second kappa shape index (κ2) is 4.51. The minimum Gasteiger partial charge on any atom is -0.497 e. The second-order valence-corrected chi connectivity index (χ2v) is 4.55. The zero-order valence-corrected chi connectivity index (χ0v) is 9.93. The monoisotopic (exact) mass is 225 g/mol. The first-order chi connectivity index (χ1) is 7.34. The fraction of sp³-hybridized carbons (Fsp3) is 0.417. The highest BCUT2D eigenvalue weighted by molar-refractivity contribution is 5.94. The van der Waals surface area contributed by atoms with E-state index in [2.05, 4.69) is 5.32 Å². The van der Waals surface area contributed by atoms with Gasteiger partial charge in [0.25, 0.3) is 0 Å². The van der Waals surface area contributed by atoms with Gasteiger partial charge in [0.05, 0.1) is 12.8 Å². The first kappa shape index (κ1) is 12.5. The number of nitrogens with one attached hydrogen (secondary N) is 1. The summed E-state index contributed by atoms with van der Waals surface area (Å²) in [5, 5.41) is 2.53. The van der Waals surface area contributed by atoms with Gasteiger partial charge in [0, 0.05) is 11.5 Å². The van der Waals surface area contributed by atoms with Gasteiger partial charge < -0.3 is 10.1 Å². The van der Waals surface area contributed by atoms with E-state index in [1.807, 2.05) is 0 Å². The lowest BCUT2D eigenvalue weighted by Gasteiger charge is -2.18. The van der Waals surface area contributed by atoms with Crippen LogP contribution >= 0.6 is 0 Å². The van der Waals surface area contributed by atoms with Crippen LogP contribution < -0.4 is 10.1 Å². The molecule has 0 aliphatic heterocycles. The van der Waals surface area contributed by atoms with E-state index in [9.17, 15) is 9.18 Å². The van der Waals surface area contributed by atoms with E-state index in [1.54, 1.807) is 20.8 Å². The molecule has 0 bridgehead atoms. The van der Waals surface area contributed by atoms with Crippen molar-refractivity contribution in [2.24, 2.45) is 5.41 Å². The fourth-order valence-corrected chi connectivity index (χ4v) is 1.04. The molecule has 16 heavy (non-hydrogen) atoms. The lowest BCUT2D eigenvalue weighted by molar-refractivity contribution is -0.123. The Bertz CT molecular complexity index is 396. The van der Waals surface area contributed by atoms with E-state index < -0.39 is 11.2 Å². The second-order valence-electron chi connectivity index (χ2n) is 4.55. The molecule has 1 aromatic rings. The number of carbonyl (C=O) groups excluding carboxylic acids is 1. The molecular weight excluding hydrogens is 209 g/mol. The Morgan fingerprint density at radius 3 is 2.50 bits per heavy atom. The summed E-state index contributed by atoms with van der Waals surface area (Å²) in [5.41, 5.74) is -0.422. The Balaban J connectivity index is 2.92. The van der Waals surface area contributed by atoms with E-state index in [-0.39, 0.29) is 11.6 Å². The van der Waals surface area contributed by atoms with E-state index in [0.29, 0.717) is 5.75 Å². The average Bonchev–Trinajstić information content (AvgIpc) is 2.19. The standard InChI is InChI=1S/C12H16FNO2/c1-12(2,3)11(15)14-10-7-8(16-4)5-6-9(10)13/h5-7H,1-4H3,(H,14,15). The van der Waals surface area contributed by atoms with Crippen molar-refractivity contribution in [2.75, 3.05) is 12.4 Å². The fourth-order valence-electron chi connectivity index (χ4n) is 1.04. The third kappa shape index (κ3) is 2.95. The topological polar surface area (TPSA) is 38.3 Å². The molecule has 0 aliphatic carbocycles.